The Balaban J connectivity index is 2.08. The molecule has 4 nitrogen and oxygen atoms in total. The molecule has 0 aromatic heterocycles. The molecule has 6 atom stereocenters. The van der Waals surface area contributed by atoms with Crippen molar-refractivity contribution in [1.29, 1.82) is 0 Å². The SMILES string of the molecule is CC1=CCC2C(C)CC(=O)C3(O)C(CO)COC1C23. The summed E-state index contributed by atoms with van der Waals surface area (Å²) in [6, 6.07) is 0. The largest absolute Gasteiger partial charge is 0.396 e. The molecule has 0 amide bonds. The normalized spacial score (nSPS) is 49.6. The van der Waals surface area contributed by atoms with Gasteiger partial charge in [-0.1, -0.05) is 13.0 Å². The van der Waals surface area contributed by atoms with Gasteiger partial charge in [0.15, 0.2) is 5.78 Å². The van der Waals surface area contributed by atoms with Crippen molar-refractivity contribution in [2.24, 2.45) is 23.7 Å². The molecule has 0 bridgehead atoms. The fourth-order valence-electron chi connectivity index (χ4n) is 4.30. The van der Waals surface area contributed by atoms with Crippen LogP contribution in [0.1, 0.15) is 26.7 Å². The number of carbonyl (C=O) groups excluding carboxylic acids is 1. The summed E-state index contributed by atoms with van der Waals surface area (Å²) in [7, 11) is 0. The molecule has 6 unspecified atom stereocenters. The van der Waals surface area contributed by atoms with E-state index >= 15 is 0 Å². The Bertz CT molecular complexity index is 430. The second kappa shape index (κ2) is 4.40. The quantitative estimate of drug-likeness (QED) is 0.693. The standard InChI is InChI=1S/C15H22O4/c1-8-3-4-11-9(2)5-12(17)15(18)10(6-16)7-19-14(8)13(11)15/h3,9-11,13-14,16,18H,4-7H2,1-2H3. The van der Waals surface area contributed by atoms with E-state index in [0.717, 1.165) is 12.0 Å². The second-order valence-electron chi connectivity index (χ2n) is 6.44. The number of aliphatic hydroxyl groups is 2. The molecule has 3 aliphatic rings. The maximum absolute atomic E-state index is 12.4. The number of Topliss-reactive ketones (excluding diaryl/α,β-unsaturated/α-hetero) is 1. The molecule has 1 heterocycles. The Kier molecular flexibility index (Phi) is 3.08. The predicted octanol–water partition coefficient (Wildman–Crippen LogP) is 0.916. The zero-order chi connectivity index (χ0) is 13.8. The van der Waals surface area contributed by atoms with Crippen molar-refractivity contribution in [2.75, 3.05) is 13.2 Å². The summed E-state index contributed by atoms with van der Waals surface area (Å²) < 4.78 is 5.86. The number of hydrogen-bond acceptors (Lipinski definition) is 4. The molecule has 0 aromatic carbocycles. The first-order valence-corrected chi connectivity index (χ1v) is 7.15. The molecule has 2 N–H and O–H groups in total. The monoisotopic (exact) mass is 266 g/mol. The summed E-state index contributed by atoms with van der Waals surface area (Å²) in [6.07, 6.45) is 3.31. The van der Waals surface area contributed by atoms with Crippen molar-refractivity contribution < 1.29 is 19.7 Å². The molecule has 4 heteroatoms. The number of carbonyl (C=O) groups is 1. The smallest absolute Gasteiger partial charge is 0.165 e. The molecule has 1 aliphatic heterocycles. The lowest BCUT2D eigenvalue weighted by Gasteiger charge is -2.56. The van der Waals surface area contributed by atoms with Crippen LogP contribution in [0, 0.1) is 23.7 Å². The highest BCUT2D eigenvalue weighted by atomic mass is 16.5. The van der Waals surface area contributed by atoms with Gasteiger partial charge in [-0.05, 0) is 30.8 Å². The summed E-state index contributed by atoms with van der Waals surface area (Å²) in [5.41, 5.74) is -0.289. The molecule has 0 spiro atoms. The van der Waals surface area contributed by atoms with E-state index in [9.17, 15) is 15.0 Å². The lowest BCUT2D eigenvalue weighted by Crippen LogP contribution is -2.68. The summed E-state index contributed by atoms with van der Waals surface area (Å²) in [4.78, 5) is 12.4. The van der Waals surface area contributed by atoms with Crippen LogP contribution in [-0.2, 0) is 9.53 Å². The van der Waals surface area contributed by atoms with Gasteiger partial charge >= 0.3 is 0 Å². The Labute approximate surface area is 113 Å². The third-order valence-electron chi connectivity index (χ3n) is 5.46. The van der Waals surface area contributed by atoms with Crippen LogP contribution in [0.5, 0.6) is 0 Å². The highest BCUT2D eigenvalue weighted by Gasteiger charge is 2.62. The molecular weight excluding hydrogens is 244 g/mol. The topological polar surface area (TPSA) is 66.8 Å². The third-order valence-corrected chi connectivity index (χ3v) is 5.46. The van der Waals surface area contributed by atoms with Crippen molar-refractivity contribution in [2.45, 2.75) is 38.4 Å². The molecule has 0 aromatic rings. The number of hydrogen-bond donors (Lipinski definition) is 2. The molecule has 0 radical (unpaired) electrons. The number of rotatable bonds is 1. The van der Waals surface area contributed by atoms with Gasteiger partial charge in [0.1, 0.15) is 5.60 Å². The lowest BCUT2D eigenvalue weighted by atomic mass is 9.54. The van der Waals surface area contributed by atoms with E-state index in [0.29, 0.717) is 6.42 Å². The first-order chi connectivity index (χ1) is 9.00. The minimum atomic E-state index is -1.40. The fourth-order valence-corrected chi connectivity index (χ4v) is 4.30. The van der Waals surface area contributed by atoms with E-state index < -0.39 is 11.5 Å². The molecule has 106 valence electrons. The average molecular weight is 266 g/mol. The summed E-state index contributed by atoms with van der Waals surface area (Å²) in [5.74, 6) is -0.249. The Morgan fingerprint density at radius 1 is 1.53 bits per heavy atom. The van der Waals surface area contributed by atoms with E-state index in [1.165, 1.54) is 0 Å². The van der Waals surface area contributed by atoms with Gasteiger partial charge in [0, 0.05) is 18.3 Å². The molecule has 1 saturated heterocycles. The van der Waals surface area contributed by atoms with Crippen molar-refractivity contribution in [3.63, 3.8) is 0 Å². The Morgan fingerprint density at radius 2 is 2.26 bits per heavy atom. The van der Waals surface area contributed by atoms with Crippen LogP contribution >= 0.6 is 0 Å². The van der Waals surface area contributed by atoms with Crippen LogP contribution in [0.3, 0.4) is 0 Å². The van der Waals surface area contributed by atoms with Crippen LogP contribution in [0.15, 0.2) is 11.6 Å². The van der Waals surface area contributed by atoms with Gasteiger partial charge in [-0.25, -0.2) is 0 Å². The van der Waals surface area contributed by atoms with E-state index in [2.05, 4.69) is 13.0 Å². The first-order valence-electron chi connectivity index (χ1n) is 7.15. The molecule has 3 rings (SSSR count). The van der Waals surface area contributed by atoms with Crippen LogP contribution in [0.25, 0.3) is 0 Å². The molecule has 1 saturated carbocycles. The van der Waals surface area contributed by atoms with E-state index in [4.69, 9.17) is 4.74 Å². The van der Waals surface area contributed by atoms with E-state index in [1.54, 1.807) is 0 Å². The van der Waals surface area contributed by atoms with Crippen LogP contribution in [-0.4, -0.2) is 40.9 Å². The van der Waals surface area contributed by atoms with Crippen molar-refractivity contribution in [3.8, 4) is 0 Å². The summed E-state index contributed by atoms with van der Waals surface area (Å²) in [6.45, 7) is 4.14. The maximum atomic E-state index is 12.4. The molecule has 2 aliphatic carbocycles. The van der Waals surface area contributed by atoms with Gasteiger partial charge < -0.3 is 14.9 Å². The van der Waals surface area contributed by atoms with Crippen molar-refractivity contribution in [1.82, 2.24) is 0 Å². The number of ether oxygens (including phenoxy) is 1. The van der Waals surface area contributed by atoms with E-state index in [-0.39, 0.29) is 42.9 Å². The summed E-state index contributed by atoms with van der Waals surface area (Å²) in [5, 5.41) is 20.5. The van der Waals surface area contributed by atoms with Crippen molar-refractivity contribution in [3.05, 3.63) is 11.6 Å². The lowest BCUT2D eigenvalue weighted by molar-refractivity contribution is -0.221. The van der Waals surface area contributed by atoms with Gasteiger partial charge in [-0.2, -0.15) is 0 Å². The van der Waals surface area contributed by atoms with Crippen LogP contribution in [0.2, 0.25) is 0 Å². The minimum absolute atomic E-state index is 0.108. The first kappa shape index (κ1) is 13.3. The number of allylic oxidation sites excluding steroid dienone is 1. The zero-order valence-electron chi connectivity index (χ0n) is 11.5. The van der Waals surface area contributed by atoms with E-state index in [1.807, 2.05) is 6.92 Å². The Morgan fingerprint density at radius 3 is 2.95 bits per heavy atom. The highest BCUT2D eigenvalue weighted by Crippen LogP contribution is 2.52. The number of ketones is 1. The maximum Gasteiger partial charge on any atom is 0.165 e. The molecule has 2 fully saturated rings. The van der Waals surface area contributed by atoms with Crippen molar-refractivity contribution >= 4 is 5.78 Å². The van der Waals surface area contributed by atoms with Gasteiger partial charge in [0.05, 0.1) is 19.3 Å². The van der Waals surface area contributed by atoms with Crippen LogP contribution < -0.4 is 0 Å². The average Bonchev–Trinajstić information content (AvgIpc) is 2.38. The second-order valence-corrected chi connectivity index (χ2v) is 6.44. The summed E-state index contributed by atoms with van der Waals surface area (Å²) >= 11 is 0. The zero-order valence-corrected chi connectivity index (χ0v) is 11.5. The van der Waals surface area contributed by atoms with Gasteiger partial charge in [0.2, 0.25) is 0 Å². The van der Waals surface area contributed by atoms with Crippen LogP contribution in [0.4, 0.5) is 0 Å². The fraction of sp³-hybridized carbons (Fsp3) is 0.800. The molecular formula is C15H22O4. The predicted molar refractivity (Wildman–Crippen MR) is 69.4 cm³/mol. The van der Waals surface area contributed by atoms with Gasteiger partial charge in [-0.3, -0.25) is 4.79 Å². The molecule has 19 heavy (non-hydrogen) atoms. The van der Waals surface area contributed by atoms with Gasteiger partial charge in [-0.15, -0.1) is 0 Å². The minimum Gasteiger partial charge on any atom is -0.396 e. The Hall–Kier alpha value is -0.710. The highest BCUT2D eigenvalue weighted by molar-refractivity contribution is 5.89. The van der Waals surface area contributed by atoms with Gasteiger partial charge in [0.25, 0.3) is 0 Å². The number of aliphatic hydroxyl groups excluding tert-OH is 1. The third kappa shape index (κ3) is 1.66.